The van der Waals surface area contributed by atoms with Gasteiger partial charge in [-0.05, 0) is 18.8 Å². The van der Waals surface area contributed by atoms with Crippen LogP contribution in [0, 0.1) is 5.92 Å². The summed E-state index contributed by atoms with van der Waals surface area (Å²) in [6, 6.07) is 0. The van der Waals surface area contributed by atoms with Crippen LogP contribution in [0.2, 0.25) is 0 Å². The lowest BCUT2D eigenvalue weighted by Gasteiger charge is -2.22. The molecule has 17 heavy (non-hydrogen) atoms. The molecule has 1 aliphatic carbocycles. The molecule has 100 valence electrons. The number of nitrogens with one attached hydrogen (secondary N) is 1. The van der Waals surface area contributed by atoms with Crippen LogP contribution in [0.1, 0.15) is 46.0 Å². The first kappa shape index (κ1) is 14.3. The van der Waals surface area contributed by atoms with E-state index in [1.807, 2.05) is 0 Å². The number of nitrogens with zero attached hydrogens (tertiary/aromatic N) is 1. The lowest BCUT2D eigenvalue weighted by atomic mass is 9.98. The fraction of sp³-hybridized carbons (Fsp3) is 0.923. The van der Waals surface area contributed by atoms with E-state index in [0.717, 1.165) is 19.7 Å². The molecule has 0 aliphatic heterocycles. The summed E-state index contributed by atoms with van der Waals surface area (Å²) in [6.07, 6.45) is 6.91. The van der Waals surface area contributed by atoms with Crippen LogP contribution >= 0.6 is 0 Å². The van der Waals surface area contributed by atoms with Crippen molar-refractivity contribution < 1.29 is 4.74 Å². The molecule has 0 bridgehead atoms. The maximum absolute atomic E-state index is 5.79. The second kappa shape index (κ2) is 8.34. The van der Waals surface area contributed by atoms with Crippen LogP contribution in [0.15, 0.2) is 4.99 Å². The summed E-state index contributed by atoms with van der Waals surface area (Å²) in [4.78, 5) is 4.24. The predicted molar refractivity (Wildman–Crippen MR) is 72.2 cm³/mol. The lowest BCUT2D eigenvalue weighted by molar-refractivity contribution is 0.0318. The molecule has 0 aromatic rings. The third-order valence-electron chi connectivity index (χ3n) is 2.94. The van der Waals surface area contributed by atoms with E-state index in [2.05, 4.69) is 24.2 Å². The number of hydrogen-bond acceptors (Lipinski definition) is 2. The third-order valence-corrected chi connectivity index (χ3v) is 2.94. The maximum Gasteiger partial charge on any atom is 0.188 e. The summed E-state index contributed by atoms with van der Waals surface area (Å²) in [6.45, 7) is 6.51. The van der Waals surface area contributed by atoms with Gasteiger partial charge in [-0.1, -0.05) is 33.1 Å². The highest BCUT2D eigenvalue weighted by Gasteiger charge is 2.12. The molecule has 0 unspecified atom stereocenters. The van der Waals surface area contributed by atoms with E-state index >= 15 is 0 Å². The molecule has 0 spiro atoms. The van der Waals surface area contributed by atoms with Gasteiger partial charge in [0.05, 0.1) is 12.7 Å². The lowest BCUT2D eigenvalue weighted by Crippen LogP contribution is -2.35. The SMILES string of the molecule is CC(C)CN=C(N)NCCOC1CCCCC1. The van der Waals surface area contributed by atoms with Crippen molar-refractivity contribution in [2.75, 3.05) is 19.7 Å². The van der Waals surface area contributed by atoms with Gasteiger partial charge in [0.2, 0.25) is 0 Å². The fourth-order valence-electron chi connectivity index (χ4n) is 1.97. The highest BCUT2D eigenvalue weighted by Crippen LogP contribution is 2.19. The number of hydrogen-bond donors (Lipinski definition) is 2. The van der Waals surface area contributed by atoms with Gasteiger partial charge in [-0.15, -0.1) is 0 Å². The first-order chi connectivity index (χ1) is 8.18. The summed E-state index contributed by atoms with van der Waals surface area (Å²) >= 11 is 0. The zero-order chi connectivity index (χ0) is 12.5. The van der Waals surface area contributed by atoms with Gasteiger partial charge in [0.1, 0.15) is 0 Å². The maximum atomic E-state index is 5.79. The van der Waals surface area contributed by atoms with Gasteiger partial charge in [-0.3, -0.25) is 4.99 Å². The fourth-order valence-corrected chi connectivity index (χ4v) is 1.97. The topological polar surface area (TPSA) is 59.6 Å². The number of rotatable bonds is 6. The Hall–Kier alpha value is -0.770. The number of ether oxygens (including phenoxy) is 1. The molecule has 0 heterocycles. The van der Waals surface area contributed by atoms with Crippen molar-refractivity contribution >= 4 is 5.96 Å². The van der Waals surface area contributed by atoms with E-state index in [1.54, 1.807) is 0 Å². The zero-order valence-corrected chi connectivity index (χ0v) is 11.2. The Bertz CT molecular complexity index is 223. The Kier molecular flexibility index (Phi) is 7.01. The van der Waals surface area contributed by atoms with E-state index in [-0.39, 0.29) is 0 Å². The molecule has 4 nitrogen and oxygen atoms in total. The third kappa shape index (κ3) is 7.21. The minimum Gasteiger partial charge on any atom is -0.376 e. The average Bonchev–Trinajstić information content (AvgIpc) is 2.33. The van der Waals surface area contributed by atoms with Crippen molar-refractivity contribution in [3.63, 3.8) is 0 Å². The van der Waals surface area contributed by atoms with Gasteiger partial charge >= 0.3 is 0 Å². The molecular weight excluding hydrogens is 214 g/mol. The van der Waals surface area contributed by atoms with Gasteiger partial charge < -0.3 is 15.8 Å². The van der Waals surface area contributed by atoms with Crippen molar-refractivity contribution in [2.24, 2.45) is 16.6 Å². The quantitative estimate of drug-likeness (QED) is 0.424. The molecule has 1 rings (SSSR count). The van der Waals surface area contributed by atoms with Crippen LogP contribution in [-0.4, -0.2) is 31.8 Å². The van der Waals surface area contributed by atoms with Crippen LogP contribution in [0.4, 0.5) is 0 Å². The molecule has 1 aliphatic rings. The van der Waals surface area contributed by atoms with Crippen molar-refractivity contribution in [3.05, 3.63) is 0 Å². The van der Waals surface area contributed by atoms with Crippen molar-refractivity contribution in [1.82, 2.24) is 5.32 Å². The highest BCUT2D eigenvalue weighted by molar-refractivity contribution is 5.77. The van der Waals surface area contributed by atoms with Gasteiger partial charge in [0.25, 0.3) is 0 Å². The Morgan fingerprint density at radius 2 is 2.06 bits per heavy atom. The van der Waals surface area contributed by atoms with Gasteiger partial charge in [0.15, 0.2) is 5.96 Å². The molecule has 0 aromatic carbocycles. The molecule has 0 aromatic heterocycles. The molecule has 3 N–H and O–H groups in total. The number of nitrogens with two attached hydrogens (primary N) is 1. The van der Waals surface area contributed by atoms with Crippen LogP contribution in [0.5, 0.6) is 0 Å². The minimum atomic E-state index is 0.472. The molecule has 1 fully saturated rings. The molecule has 0 saturated heterocycles. The number of guanidine groups is 1. The number of aliphatic imine (C=N–C) groups is 1. The molecule has 4 heteroatoms. The van der Waals surface area contributed by atoms with Crippen LogP contribution in [-0.2, 0) is 4.74 Å². The van der Waals surface area contributed by atoms with Gasteiger partial charge in [0, 0.05) is 13.1 Å². The first-order valence-electron chi connectivity index (χ1n) is 6.84. The van der Waals surface area contributed by atoms with E-state index in [1.165, 1.54) is 32.1 Å². The zero-order valence-electron chi connectivity index (χ0n) is 11.2. The van der Waals surface area contributed by atoms with Gasteiger partial charge in [-0.2, -0.15) is 0 Å². The second-order valence-corrected chi connectivity index (χ2v) is 5.18. The standard InChI is InChI=1S/C13H27N3O/c1-11(2)10-16-13(14)15-8-9-17-12-6-4-3-5-7-12/h11-12H,3-10H2,1-2H3,(H3,14,15,16). The van der Waals surface area contributed by atoms with E-state index in [4.69, 9.17) is 10.5 Å². The Morgan fingerprint density at radius 1 is 1.35 bits per heavy atom. The smallest absolute Gasteiger partial charge is 0.188 e. The van der Waals surface area contributed by atoms with E-state index < -0.39 is 0 Å². The van der Waals surface area contributed by atoms with Crippen molar-refractivity contribution in [1.29, 1.82) is 0 Å². The second-order valence-electron chi connectivity index (χ2n) is 5.18. The monoisotopic (exact) mass is 241 g/mol. The molecule has 0 amide bonds. The summed E-state index contributed by atoms with van der Waals surface area (Å²) in [5, 5.41) is 3.08. The Morgan fingerprint density at radius 3 is 2.71 bits per heavy atom. The average molecular weight is 241 g/mol. The van der Waals surface area contributed by atoms with Crippen LogP contribution < -0.4 is 11.1 Å². The Balaban J connectivity index is 2.01. The predicted octanol–water partition coefficient (Wildman–Crippen LogP) is 1.90. The molecule has 0 radical (unpaired) electrons. The Labute approximate surface area is 105 Å². The van der Waals surface area contributed by atoms with E-state index in [9.17, 15) is 0 Å². The van der Waals surface area contributed by atoms with Gasteiger partial charge in [-0.25, -0.2) is 0 Å². The van der Waals surface area contributed by atoms with E-state index in [0.29, 0.717) is 18.0 Å². The van der Waals surface area contributed by atoms with Crippen LogP contribution in [0.25, 0.3) is 0 Å². The summed E-state index contributed by atoms with van der Waals surface area (Å²) < 4.78 is 5.79. The normalized spacial score (nSPS) is 18.6. The molecular formula is C13H27N3O. The first-order valence-corrected chi connectivity index (χ1v) is 6.84. The van der Waals surface area contributed by atoms with Crippen molar-refractivity contribution in [3.8, 4) is 0 Å². The van der Waals surface area contributed by atoms with Crippen LogP contribution in [0.3, 0.4) is 0 Å². The largest absolute Gasteiger partial charge is 0.376 e. The summed E-state index contributed by atoms with van der Waals surface area (Å²) in [7, 11) is 0. The highest BCUT2D eigenvalue weighted by atomic mass is 16.5. The molecule has 0 atom stereocenters. The summed E-state index contributed by atoms with van der Waals surface area (Å²) in [5.41, 5.74) is 5.72. The molecule has 1 saturated carbocycles. The van der Waals surface area contributed by atoms with Crippen molar-refractivity contribution in [2.45, 2.75) is 52.1 Å². The minimum absolute atomic E-state index is 0.472. The summed E-state index contributed by atoms with van der Waals surface area (Å²) in [5.74, 6) is 1.08.